The summed E-state index contributed by atoms with van der Waals surface area (Å²) in [6, 6.07) is 29.2. The lowest BCUT2D eigenvalue weighted by atomic mass is 9.96. The summed E-state index contributed by atoms with van der Waals surface area (Å²) < 4.78 is 5.29. The summed E-state index contributed by atoms with van der Waals surface area (Å²) in [6.07, 6.45) is 0.932. The molecule has 0 aliphatic carbocycles. The van der Waals surface area contributed by atoms with Crippen molar-refractivity contribution in [2.24, 2.45) is 0 Å². The highest BCUT2D eigenvalue weighted by molar-refractivity contribution is 5.96. The van der Waals surface area contributed by atoms with Gasteiger partial charge in [0.1, 0.15) is 5.75 Å². The van der Waals surface area contributed by atoms with Gasteiger partial charge in [-0.3, -0.25) is 9.69 Å². The molecule has 172 valence electrons. The van der Waals surface area contributed by atoms with Crippen molar-refractivity contribution in [3.8, 4) is 5.75 Å². The number of ether oxygens (including phenoxy) is 1. The Bertz CT molecular complexity index is 962. The number of hydrogen-bond donors (Lipinski definition) is 1. The van der Waals surface area contributed by atoms with E-state index < -0.39 is 0 Å². The number of hydrogen-bond acceptors (Lipinski definition) is 4. The predicted octanol–water partition coefficient (Wildman–Crippen LogP) is 4.22. The molecule has 1 aliphatic heterocycles. The minimum Gasteiger partial charge on any atom is -0.496 e. The maximum Gasteiger partial charge on any atom is 0.255 e. The van der Waals surface area contributed by atoms with Crippen molar-refractivity contribution in [1.29, 1.82) is 0 Å². The van der Waals surface area contributed by atoms with Crippen LogP contribution in [0.2, 0.25) is 0 Å². The minimum atomic E-state index is -0.0779. The van der Waals surface area contributed by atoms with E-state index in [-0.39, 0.29) is 11.9 Å². The summed E-state index contributed by atoms with van der Waals surface area (Å²) in [5.41, 5.74) is 3.27. The highest BCUT2D eigenvalue weighted by atomic mass is 16.5. The zero-order valence-corrected chi connectivity index (χ0v) is 19.3. The molecule has 0 bridgehead atoms. The van der Waals surface area contributed by atoms with Gasteiger partial charge in [-0.15, -0.1) is 0 Å². The molecule has 4 rings (SSSR count). The third kappa shape index (κ3) is 6.01. The lowest BCUT2D eigenvalue weighted by molar-refractivity contribution is 0.0938. The Hall–Kier alpha value is -3.15. The first-order valence-electron chi connectivity index (χ1n) is 11.7. The first kappa shape index (κ1) is 23.0. The van der Waals surface area contributed by atoms with Gasteiger partial charge in [0.15, 0.2) is 0 Å². The van der Waals surface area contributed by atoms with Crippen LogP contribution in [0.15, 0.2) is 84.9 Å². The molecule has 0 saturated carbocycles. The van der Waals surface area contributed by atoms with Crippen LogP contribution in [0.25, 0.3) is 0 Å². The van der Waals surface area contributed by atoms with Gasteiger partial charge in [0, 0.05) is 32.7 Å². The normalized spacial score (nSPS) is 14.8. The predicted molar refractivity (Wildman–Crippen MR) is 133 cm³/mol. The lowest BCUT2D eigenvalue weighted by Gasteiger charge is -2.39. The molecule has 0 aromatic heterocycles. The topological polar surface area (TPSA) is 44.8 Å². The Balaban J connectivity index is 1.26. The zero-order chi connectivity index (χ0) is 22.9. The average Bonchev–Trinajstić information content (AvgIpc) is 2.89. The van der Waals surface area contributed by atoms with Gasteiger partial charge < -0.3 is 15.0 Å². The molecule has 1 saturated heterocycles. The van der Waals surface area contributed by atoms with Crippen LogP contribution in [0.3, 0.4) is 0 Å². The van der Waals surface area contributed by atoms with Crippen LogP contribution in [0.1, 0.15) is 33.9 Å². The standard InChI is InChI=1S/C28H33N3O2/c1-33-26-16-9-8-15-25(26)28(32)29-17-10-18-30-19-21-31(22-20-30)27(23-11-4-2-5-12-23)24-13-6-3-7-14-24/h2-9,11-16,27H,10,17-22H2,1H3,(H,29,32). The molecule has 0 atom stereocenters. The maximum atomic E-state index is 12.5. The molecule has 1 N–H and O–H groups in total. The molecular formula is C28H33N3O2. The molecule has 1 amide bonds. The largest absolute Gasteiger partial charge is 0.496 e. The lowest BCUT2D eigenvalue weighted by Crippen LogP contribution is -2.48. The Morgan fingerprint density at radius 1 is 0.848 bits per heavy atom. The van der Waals surface area contributed by atoms with Crippen molar-refractivity contribution in [3.05, 3.63) is 102 Å². The molecule has 0 radical (unpaired) electrons. The summed E-state index contributed by atoms with van der Waals surface area (Å²) in [6.45, 7) is 5.78. The number of carbonyl (C=O) groups is 1. The van der Waals surface area contributed by atoms with E-state index in [1.165, 1.54) is 11.1 Å². The number of nitrogens with one attached hydrogen (secondary N) is 1. The minimum absolute atomic E-state index is 0.0779. The van der Waals surface area contributed by atoms with E-state index in [1.54, 1.807) is 13.2 Å². The van der Waals surface area contributed by atoms with Gasteiger partial charge in [-0.25, -0.2) is 0 Å². The smallest absolute Gasteiger partial charge is 0.255 e. The number of carbonyl (C=O) groups excluding carboxylic acids is 1. The second-order valence-electron chi connectivity index (χ2n) is 8.41. The van der Waals surface area contributed by atoms with E-state index in [0.29, 0.717) is 17.9 Å². The Morgan fingerprint density at radius 2 is 1.42 bits per heavy atom. The third-order valence-electron chi connectivity index (χ3n) is 6.29. The van der Waals surface area contributed by atoms with Crippen LogP contribution >= 0.6 is 0 Å². The fourth-order valence-electron chi connectivity index (χ4n) is 4.56. The van der Waals surface area contributed by atoms with Crippen LogP contribution in [0, 0.1) is 0 Å². The molecule has 1 aliphatic rings. The monoisotopic (exact) mass is 443 g/mol. The molecule has 1 fully saturated rings. The van der Waals surface area contributed by atoms with Gasteiger partial charge in [0.2, 0.25) is 0 Å². The van der Waals surface area contributed by atoms with E-state index in [0.717, 1.165) is 39.1 Å². The Morgan fingerprint density at radius 3 is 2.03 bits per heavy atom. The molecule has 33 heavy (non-hydrogen) atoms. The van der Waals surface area contributed by atoms with Crippen LogP contribution in [0.4, 0.5) is 0 Å². The highest BCUT2D eigenvalue weighted by Crippen LogP contribution is 2.29. The molecule has 1 heterocycles. The second kappa shape index (κ2) is 11.6. The molecule has 3 aromatic carbocycles. The summed E-state index contributed by atoms with van der Waals surface area (Å²) >= 11 is 0. The fourth-order valence-corrected chi connectivity index (χ4v) is 4.56. The number of piperazine rings is 1. The van der Waals surface area contributed by atoms with Crippen molar-refractivity contribution in [2.45, 2.75) is 12.5 Å². The van der Waals surface area contributed by atoms with Crippen molar-refractivity contribution in [2.75, 3.05) is 46.4 Å². The van der Waals surface area contributed by atoms with Gasteiger partial charge in [-0.2, -0.15) is 0 Å². The molecule has 0 spiro atoms. The quantitative estimate of drug-likeness (QED) is 0.503. The van der Waals surface area contributed by atoms with Crippen LogP contribution in [-0.2, 0) is 0 Å². The van der Waals surface area contributed by atoms with Crippen molar-refractivity contribution in [1.82, 2.24) is 15.1 Å². The molecule has 3 aromatic rings. The number of nitrogens with zero attached hydrogens (tertiary/aromatic N) is 2. The number of amides is 1. The summed E-state index contributed by atoms with van der Waals surface area (Å²) in [5, 5.41) is 3.03. The Kier molecular flexibility index (Phi) is 8.12. The van der Waals surface area contributed by atoms with Crippen molar-refractivity contribution >= 4 is 5.91 Å². The second-order valence-corrected chi connectivity index (χ2v) is 8.41. The molecule has 0 unspecified atom stereocenters. The molecule has 5 nitrogen and oxygen atoms in total. The summed E-state index contributed by atoms with van der Waals surface area (Å²) in [4.78, 5) is 17.5. The van der Waals surface area contributed by atoms with E-state index in [9.17, 15) is 4.79 Å². The van der Waals surface area contributed by atoms with E-state index >= 15 is 0 Å². The third-order valence-corrected chi connectivity index (χ3v) is 6.29. The van der Waals surface area contributed by atoms with Gasteiger partial charge in [0.05, 0.1) is 18.7 Å². The number of methoxy groups -OCH3 is 1. The average molecular weight is 444 g/mol. The summed E-state index contributed by atoms with van der Waals surface area (Å²) in [7, 11) is 1.59. The Labute approximate surface area is 197 Å². The highest BCUT2D eigenvalue weighted by Gasteiger charge is 2.26. The zero-order valence-electron chi connectivity index (χ0n) is 19.3. The fraction of sp³-hybridized carbons (Fsp3) is 0.321. The van der Waals surface area contributed by atoms with Crippen LogP contribution in [0.5, 0.6) is 5.75 Å². The van der Waals surface area contributed by atoms with Crippen LogP contribution in [-0.4, -0.2) is 62.1 Å². The SMILES string of the molecule is COc1ccccc1C(=O)NCCCN1CCN(C(c2ccccc2)c2ccccc2)CC1. The number of benzene rings is 3. The van der Waals surface area contributed by atoms with Gasteiger partial charge in [-0.05, 0) is 36.2 Å². The molecular weight excluding hydrogens is 410 g/mol. The first-order chi connectivity index (χ1) is 16.3. The van der Waals surface area contributed by atoms with E-state index in [1.807, 2.05) is 18.2 Å². The number of rotatable bonds is 9. The van der Waals surface area contributed by atoms with Gasteiger partial charge in [0.25, 0.3) is 5.91 Å². The molecule has 5 heteroatoms. The van der Waals surface area contributed by atoms with Crippen LogP contribution < -0.4 is 10.1 Å². The first-order valence-corrected chi connectivity index (χ1v) is 11.7. The maximum absolute atomic E-state index is 12.5. The number of para-hydroxylation sites is 1. The van der Waals surface area contributed by atoms with Gasteiger partial charge >= 0.3 is 0 Å². The van der Waals surface area contributed by atoms with Gasteiger partial charge in [-0.1, -0.05) is 72.8 Å². The van der Waals surface area contributed by atoms with Crippen molar-refractivity contribution in [3.63, 3.8) is 0 Å². The van der Waals surface area contributed by atoms with Crippen molar-refractivity contribution < 1.29 is 9.53 Å². The summed E-state index contributed by atoms with van der Waals surface area (Å²) in [5.74, 6) is 0.531. The van der Waals surface area contributed by atoms with E-state index in [4.69, 9.17) is 4.74 Å². The van der Waals surface area contributed by atoms with E-state index in [2.05, 4.69) is 75.8 Å².